The van der Waals surface area contributed by atoms with Gasteiger partial charge in [-0.15, -0.1) is 5.75 Å². The van der Waals surface area contributed by atoms with Gasteiger partial charge in [0.15, 0.2) is 0 Å². The van der Waals surface area contributed by atoms with Gasteiger partial charge in [0.25, 0.3) is 0 Å². The molecule has 3 aromatic rings. The van der Waals surface area contributed by atoms with Crippen LogP contribution in [-0.2, 0) is 13.0 Å². The summed E-state index contributed by atoms with van der Waals surface area (Å²) >= 11 is 0. The first-order valence-electron chi connectivity index (χ1n) is 16.1. The predicted octanol–water partition coefficient (Wildman–Crippen LogP) is 10.1. The molecule has 0 aromatic heterocycles. The average molecular weight is 544 g/mol. The second-order valence-corrected chi connectivity index (χ2v) is 12.2. The van der Waals surface area contributed by atoms with Crippen molar-refractivity contribution >= 4 is 0 Å². The molecule has 0 saturated heterocycles. The molecule has 0 unspecified atom stereocenters. The minimum absolute atomic E-state index is 0.122. The normalized spacial score (nSPS) is 11.2. The minimum Gasteiger partial charge on any atom is -0.872 e. The lowest BCUT2D eigenvalue weighted by atomic mass is 10.0. The highest BCUT2D eigenvalue weighted by molar-refractivity contribution is 5.35. The van der Waals surface area contributed by atoms with E-state index in [1.165, 1.54) is 108 Å². The number of nitrogens with zero attached hydrogens (tertiary/aromatic N) is 1. The molecule has 0 radical (unpaired) electrons. The van der Waals surface area contributed by atoms with E-state index >= 15 is 0 Å². The Kier molecular flexibility index (Phi) is 17.8. The highest BCUT2D eigenvalue weighted by Crippen LogP contribution is 2.17. The van der Waals surface area contributed by atoms with Crippen molar-refractivity contribution in [3.8, 4) is 5.75 Å². The van der Waals surface area contributed by atoms with E-state index in [1.54, 1.807) is 12.1 Å². The lowest BCUT2D eigenvalue weighted by Gasteiger charge is -2.30. The van der Waals surface area contributed by atoms with Gasteiger partial charge in [0.2, 0.25) is 0 Å². The van der Waals surface area contributed by atoms with E-state index in [-0.39, 0.29) is 5.75 Å². The Balaban J connectivity index is 0.000000333. The van der Waals surface area contributed by atoms with Crippen molar-refractivity contribution in [1.82, 2.24) is 0 Å². The van der Waals surface area contributed by atoms with E-state index in [0.29, 0.717) is 0 Å². The van der Waals surface area contributed by atoms with Crippen LogP contribution in [0.1, 0.15) is 114 Å². The SMILES string of the molecule is CCCCCCCCCCCCCCCC[N+](C)(C)Cc1ccccc1.[O-]c1ccccc1Cc1ccccc1. The van der Waals surface area contributed by atoms with Crippen LogP contribution in [0.4, 0.5) is 0 Å². The van der Waals surface area contributed by atoms with Crippen molar-refractivity contribution in [2.45, 2.75) is 110 Å². The Morgan fingerprint density at radius 1 is 0.500 bits per heavy atom. The molecule has 0 spiro atoms. The fraction of sp³-hybridized carbons (Fsp3) is 0.526. The van der Waals surface area contributed by atoms with E-state index in [1.807, 2.05) is 42.5 Å². The molecule has 0 N–H and O–H groups in total. The zero-order chi connectivity index (χ0) is 28.7. The van der Waals surface area contributed by atoms with Crippen LogP contribution < -0.4 is 5.11 Å². The third-order valence-electron chi connectivity index (χ3n) is 7.78. The fourth-order valence-electron chi connectivity index (χ4n) is 5.36. The molecular weight excluding hydrogens is 486 g/mol. The molecule has 2 nitrogen and oxygen atoms in total. The van der Waals surface area contributed by atoms with Gasteiger partial charge in [-0.3, -0.25) is 0 Å². The van der Waals surface area contributed by atoms with Crippen molar-refractivity contribution in [3.63, 3.8) is 0 Å². The quantitative estimate of drug-likeness (QED) is 0.109. The second-order valence-electron chi connectivity index (χ2n) is 12.2. The molecule has 0 bridgehead atoms. The zero-order valence-corrected chi connectivity index (χ0v) is 26.0. The van der Waals surface area contributed by atoms with E-state index in [4.69, 9.17) is 0 Å². The third-order valence-corrected chi connectivity index (χ3v) is 7.78. The molecule has 0 atom stereocenters. The number of hydrogen-bond donors (Lipinski definition) is 0. The largest absolute Gasteiger partial charge is 0.872 e. The summed E-state index contributed by atoms with van der Waals surface area (Å²) in [5, 5.41) is 11.4. The second kappa shape index (κ2) is 21.2. The van der Waals surface area contributed by atoms with Crippen LogP contribution in [0.25, 0.3) is 0 Å². The average Bonchev–Trinajstić information content (AvgIpc) is 2.96. The first kappa shape index (κ1) is 33.6. The van der Waals surface area contributed by atoms with E-state index in [9.17, 15) is 5.11 Å². The van der Waals surface area contributed by atoms with Crippen molar-refractivity contribution in [2.75, 3.05) is 20.6 Å². The van der Waals surface area contributed by atoms with Crippen LogP contribution in [0.3, 0.4) is 0 Å². The molecule has 3 rings (SSSR count). The maximum Gasteiger partial charge on any atom is 0.104 e. The van der Waals surface area contributed by atoms with Crippen molar-refractivity contribution < 1.29 is 9.59 Å². The van der Waals surface area contributed by atoms with E-state index < -0.39 is 0 Å². The smallest absolute Gasteiger partial charge is 0.104 e. The maximum absolute atomic E-state index is 11.4. The maximum atomic E-state index is 11.4. The van der Waals surface area contributed by atoms with Crippen LogP contribution in [0.2, 0.25) is 0 Å². The highest BCUT2D eigenvalue weighted by atomic mass is 16.3. The van der Waals surface area contributed by atoms with Gasteiger partial charge in [-0.1, -0.05) is 174 Å². The Bertz CT molecular complexity index is 983. The molecule has 0 amide bonds. The molecule has 3 aromatic carbocycles. The molecule has 0 saturated carbocycles. The number of unbranched alkanes of at least 4 members (excludes halogenated alkanes) is 13. The molecule has 40 heavy (non-hydrogen) atoms. The summed E-state index contributed by atoms with van der Waals surface area (Å²) in [4.78, 5) is 0. The van der Waals surface area contributed by atoms with Gasteiger partial charge < -0.3 is 9.59 Å². The molecule has 2 heteroatoms. The van der Waals surface area contributed by atoms with Crippen molar-refractivity contribution in [2.24, 2.45) is 0 Å². The summed E-state index contributed by atoms with van der Waals surface area (Å²) in [6.07, 6.45) is 20.9. The summed E-state index contributed by atoms with van der Waals surface area (Å²) in [6.45, 7) is 4.75. The number of para-hydroxylation sites is 1. The standard InChI is InChI=1S/C25H46N.C13H12O/c1-4-5-6-7-8-9-10-11-12-13-14-15-16-20-23-26(2,3)24-25-21-18-17-19-22-25;14-13-9-5-4-8-12(13)10-11-6-2-1-3-7-11/h17-19,21-22H,4-16,20,23-24H2,1-3H3;1-9,14H,10H2/q+1;/p-1. The van der Waals surface area contributed by atoms with Gasteiger partial charge in [0, 0.05) is 5.56 Å². The first-order valence-corrected chi connectivity index (χ1v) is 16.1. The topological polar surface area (TPSA) is 23.1 Å². The molecule has 0 aliphatic heterocycles. The van der Waals surface area contributed by atoms with Gasteiger partial charge in [0.05, 0.1) is 20.6 Å². The van der Waals surface area contributed by atoms with Gasteiger partial charge in [-0.05, 0) is 24.8 Å². The van der Waals surface area contributed by atoms with Crippen LogP contribution in [0.5, 0.6) is 5.75 Å². The zero-order valence-electron chi connectivity index (χ0n) is 26.0. The number of hydrogen-bond acceptors (Lipinski definition) is 1. The summed E-state index contributed by atoms with van der Waals surface area (Å²) in [5.41, 5.74) is 3.50. The molecule has 0 fully saturated rings. The Hall–Kier alpha value is -2.58. The van der Waals surface area contributed by atoms with Gasteiger partial charge >= 0.3 is 0 Å². The number of benzene rings is 3. The lowest BCUT2D eigenvalue weighted by molar-refractivity contribution is -0.903. The summed E-state index contributed by atoms with van der Waals surface area (Å²) in [6, 6.07) is 28.1. The van der Waals surface area contributed by atoms with Gasteiger partial charge in [-0.2, -0.15) is 0 Å². The lowest BCUT2D eigenvalue weighted by Crippen LogP contribution is -2.39. The molecule has 220 valence electrons. The van der Waals surface area contributed by atoms with Crippen LogP contribution >= 0.6 is 0 Å². The predicted molar refractivity (Wildman–Crippen MR) is 173 cm³/mol. The fourth-order valence-corrected chi connectivity index (χ4v) is 5.36. The van der Waals surface area contributed by atoms with Crippen molar-refractivity contribution in [1.29, 1.82) is 0 Å². The third kappa shape index (κ3) is 16.5. The molecular formula is C38H57NO. The monoisotopic (exact) mass is 543 g/mol. The minimum atomic E-state index is 0.122. The van der Waals surface area contributed by atoms with Crippen LogP contribution in [-0.4, -0.2) is 25.1 Å². The summed E-state index contributed by atoms with van der Waals surface area (Å²) in [5.74, 6) is 0.122. The number of rotatable bonds is 19. The first-order chi connectivity index (χ1) is 19.5. The highest BCUT2D eigenvalue weighted by Gasteiger charge is 2.14. The van der Waals surface area contributed by atoms with Gasteiger partial charge in [0.1, 0.15) is 6.54 Å². The van der Waals surface area contributed by atoms with Crippen LogP contribution in [0.15, 0.2) is 84.9 Å². The van der Waals surface area contributed by atoms with E-state index in [2.05, 4.69) is 51.4 Å². The Labute approximate surface area is 247 Å². The molecule has 0 aliphatic rings. The molecule has 0 aliphatic carbocycles. The Morgan fingerprint density at radius 3 is 1.43 bits per heavy atom. The number of quaternary nitrogens is 1. The summed E-state index contributed by atoms with van der Waals surface area (Å²) in [7, 11) is 4.74. The van der Waals surface area contributed by atoms with Crippen molar-refractivity contribution in [3.05, 3.63) is 102 Å². The Morgan fingerprint density at radius 2 is 0.925 bits per heavy atom. The van der Waals surface area contributed by atoms with Gasteiger partial charge in [-0.25, -0.2) is 0 Å². The van der Waals surface area contributed by atoms with Crippen LogP contribution in [0, 0.1) is 0 Å². The summed E-state index contributed by atoms with van der Waals surface area (Å²) < 4.78 is 1.11. The van der Waals surface area contributed by atoms with E-state index in [0.717, 1.165) is 23.0 Å². The molecule has 0 heterocycles.